The number of esters is 1. The second-order valence-electron chi connectivity index (χ2n) is 8.41. The Bertz CT molecular complexity index is 870. The number of carboxylic acid groups (broad SMARTS) is 1. The van der Waals surface area contributed by atoms with Gasteiger partial charge in [-0.3, -0.25) is 9.59 Å². The number of allylic oxidation sites excluding steroid dienone is 8. The van der Waals surface area contributed by atoms with Crippen LogP contribution in [-0.4, -0.2) is 28.2 Å². The number of carboxylic acids is 1. The summed E-state index contributed by atoms with van der Waals surface area (Å²) in [6.07, 6.45) is 26.8. The molecule has 1 rings (SSSR count). The first-order valence-corrected chi connectivity index (χ1v) is 12.5. The maximum absolute atomic E-state index is 12.0. The number of unbranched alkanes of at least 4 members (excludes halogenated alkanes) is 4. The van der Waals surface area contributed by atoms with Crippen molar-refractivity contribution in [2.45, 2.75) is 83.6 Å². The molecule has 1 atom stereocenters. The van der Waals surface area contributed by atoms with Gasteiger partial charge in [-0.1, -0.05) is 74.4 Å². The minimum absolute atomic E-state index is 0.0559. The van der Waals surface area contributed by atoms with Crippen LogP contribution in [0.1, 0.15) is 76.7 Å². The van der Waals surface area contributed by atoms with Gasteiger partial charge in [0, 0.05) is 6.42 Å². The number of hydrogen-bond acceptors (Lipinski definition) is 5. The molecule has 6 nitrogen and oxygen atoms in total. The number of rotatable bonds is 18. The van der Waals surface area contributed by atoms with Crippen LogP contribution in [0.3, 0.4) is 0 Å². The molecule has 0 spiro atoms. The van der Waals surface area contributed by atoms with E-state index in [9.17, 15) is 14.7 Å². The first-order chi connectivity index (χ1) is 16.9. The van der Waals surface area contributed by atoms with E-state index >= 15 is 0 Å². The lowest BCUT2D eigenvalue weighted by atomic mass is 10.1. The second-order valence-corrected chi connectivity index (χ2v) is 8.41. The van der Waals surface area contributed by atoms with Crippen LogP contribution >= 0.6 is 0 Å². The third kappa shape index (κ3) is 15.4. The van der Waals surface area contributed by atoms with Crippen molar-refractivity contribution in [2.75, 3.05) is 0 Å². The van der Waals surface area contributed by atoms with Crippen LogP contribution in [0, 0.1) is 0 Å². The van der Waals surface area contributed by atoms with E-state index < -0.39 is 18.0 Å². The fourth-order valence-electron chi connectivity index (χ4n) is 3.22. The predicted molar refractivity (Wildman–Crippen MR) is 141 cm³/mol. The SMILES string of the molecule is CCCCCC=CCC=CCC=CCC=CCCCC(=O)Oc1ccc(C[C@H](N)C(=O)O)cc1O. The minimum Gasteiger partial charge on any atom is -0.504 e. The molecule has 0 bridgehead atoms. The van der Waals surface area contributed by atoms with Crippen LogP contribution in [0.5, 0.6) is 11.5 Å². The fraction of sp³-hybridized carbons (Fsp3) is 0.448. The standard InChI is InChI=1S/C29H41NO5/c1-2-3-4-5-6-7-8-9-10-11-12-13-14-15-16-17-18-19-28(32)35-27-21-20-24(23-26(27)31)22-25(30)29(33)34/h6-7,9-10,12-13,15-16,20-21,23,25,31H,2-5,8,11,14,17-19,22,30H2,1H3,(H,33,34)/t25-/m0/s1. The third-order valence-corrected chi connectivity index (χ3v) is 5.23. The Hall–Kier alpha value is -3.12. The first-order valence-electron chi connectivity index (χ1n) is 12.5. The molecule has 0 aliphatic carbocycles. The molecule has 0 aromatic heterocycles. The van der Waals surface area contributed by atoms with Crippen LogP contribution in [0.2, 0.25) is 0 Å². The zero-order chi connectivity index (χ0) is 25.7. The molecule has 0 aliphatic rings. The van der Waals surface area contributed by atoms with E-state index in [2.05, 4.69) is 55.5 Å². The average Bonchev–Trinajstić information content (AvgIpc) is 2.82. The molecule has 0 aliphatic heterocycles. The Morgan fingerprint density at radius 2 is 1.49 bits per heavy atom. The Balaban J connectivity index is 2.15. The molecule has 6 heteroatoms. The third-order valence-electron chi connectivity index (χ3n) is 5.23. The van der Waals surface area contributed by atoms with Gasteiger partial charge >= 0.3 is 11.9 Å². The molecular weight excluding hydrogens is 442 g/mol. The zero-order valence-electron chi connectivity index (χ0n) is 20.9. The molecule has 0 saturated heterocycles. The first kappa shape index (κ1) is 29.9. The van der Waals surface area contributed by atoms with Crippen molar-refractivity contribution in [3.05, 3.63) is 72.4 Å². The highest BCUT2D eigenvalue weighted by Gasteiger charge is 2.14. The number of carbonyl (C=O) groups excluding carboxylic acids is 1. The molecule has 0 unspecified atom stereocenters. The normalized spacial score (nSPS) is 12.9. The fourth-order valence-corrected chi connectivity index (χ4v) is 3.22. The topological polar surface area (TPSA) is 110 Å². The summed E-state index contributed by atoms with van der Waals surface area (Å²) in [5.74, 6) is -1.70. The quantitative estimate of drug-likeness (QED) is 0.0965. The van der Waals surface area contributed by atoms with Gasteiger partial charge in [0.15, 0.2) is 11.5 Å². The lowest BCUT2D eigenvalue weighted by molar-refractivity contribution is -0.138. The van der Waals surface area contributed by atoms with E-state index in [-0.39, 0.29) is 24.3 Å². The Morgan fingerprint density at radius 3 is 2.03 bits per heavy atom. The maximum atomic E-state index is 12.0. The van der Waals surface area contributed by atoms with Gasteiger partial charge in [0.2, 0.25) is 0 Å². The van der Waals surface area contributed by atoms with E-state index in [4.69, 9.17) is 15.6 Å². The Kier molecular flexibility index (Phi) is 16.4. The smallest absolute Gasteiger partial charge is 0.320 e. The van der Waals surface area contributed by atoms with Crippen molar-refractivity contribution >= 4 is 11.9 Å². The van der Waals surface area contributed by atoms with Crippen LogP contribution in [0.15, 0.2) is 66.8 Å². The summed E-state index contributed by atoms with van der Waals surface area (Å²) in [5.41, 5.74) is 6.05. The van der Waals surface area contributed by atoms with Gasteiger partial charge < -0.3 is 20.7 Å². The molecule has 0 heterocycles. The summed E-state index contributed by atoms with van der Waals surface area (Å²) in [6.45, 7) is 2.22. The maximum Gasteiger partial charge on any atom is 0.320 e. The summed E-state index contributed by atoms with van der Waals surface area (Å²) < 4.78 is 5.20. The summed E-state index contributed by atoms with van der Waals surface area (Å²) in [6, 6.07) is 3.35. The van der Waals surface area contributed by atoms with Gasteiger partial charge in [0.05, 0.1) is 0 Å². The van der Waals surface area contributed by atoms with Crippen LogP contribution < -0.4 is 10.5 Å². The van der Waals surface area contributed by atoms with Gasteiger partial charge in [-0.05, 0) is 69.1 Å². The van der Waals surface area contributed by atoms with Gasteiger partial charge in [-0.2, -0.15) is 0 Å². The second kappa shape index (κ2) is 19.2. The van der Waals surface area contributed by atoms with Crippen molar-refractivity contribution in [1.82, 2.24) is 0 Å². The number of carbonyl (C=O) groups is 2. The summed E-state index contributed by atoms with van der Waals surface area (Å²) in [5, 5.41) is 18.9. The molecule has 0 fully saturated rings. The van der Waals surface area contributed by atoms with E-state index in [1.807, 2.05) is 0 Å². The molecule has 4 N–H and O–H groups in total. The van der Waals surface area contributed by atoms with Crippen molar-refractivity contribution < 1.29 is 24.5 Å². The average molecular weight is 484 g/mol. The monoisotopic (exact) mass is 483 g/mol. The van der Waals surface area contributed by atoms with E-state index in [0.29, 0.717) is 12.0 Å². The van der Waals surface area contributed by atoms with E-state index in [0.717, 1.165) is 25.7 Å². The largest absolute Gasteiger partial charge is 0.504 e. The van der Waals surface area contributed by atoms with Gasteiger partial charge in [-0.15, -0.1) is 0 Å². The van der Waals surface area contributed by atoms with E-state index in [1.54, 1.807) is 6.07 Å². The number of ether oxygens (including phenoxy) is 1. The van der Waals surface area contributed by atoms with Crippen LogP contribution in [0.4, 0.5) is 0 Å². The number of aliphatic carboxylic acids is 1. The lowest BCUT2D eigenvalue weighted by Crippen LogP contribution is -2.32. The number of hydrogen-bond donors (Lipinski definition) is 3. The van der Waals surface area contributed by atoms with Gasteiger partial charge in [0.1, 0.15) is 6.04 Å². The molecule has 35 heavy (non-hydrogen) atoms. The highest BCUT2D eigenvalue weighted by atomic mass is 16.5. The lowest BCUT2D eigenvalue weighted by Gasteiger charge is -2.10. The van der Waals surface area contributed by atoms with Gasteiger partial charge in [0.25, 0.3) is 0 Å². The Morgan fingerprint density at radius 1 is 0.914 bits per heavy atom. The predicted octanol–water partition coefficient (Wildman–Crippen LogP) is 6.40. The van der Waals surface area contributed by atoms with Crippen molar-refractivity contribution in [2.24, 2.45) is 5.73 Å². The van der Waals surface area contributed by atoms with Crippen LogP contribution in [0.25, 0.3) is 0 Å². The minimum atomic E-state index is -1.12. The molecule has 1 aromatic rings. The number of nitrogens with two attached hydrogens (primary N) is 1. The zero-order valence-corrected chi connectivity index (χ0v) is 20.9. The number of benzene rings is 1. The van der Waals surface area contributed by atoms with E-state index in [1.165, 1.54) is 37.8 Å². The summed E-state index contributed by atoms with van der Waals surface area (Å²) in [4.78, 5) is 22.8. The number of aromatic hydroxyl groups is 1. The highest BCUT2D eigenvalue weighted by molar-refractivity contribution is 5.74. The molecule has 192 valence electrons. The molecule has 1 aromatic carbocycles. The number of phenolic OH excluding ortho intramolecular Hbond substituents is 1. The van der Waals surface area contributed by atoms with Gasteiger partial charge in [-0.25, -0.2) is 0 Å². The summed E-state index contributed by atoms with van der Waals surface area (Å²) >= 11 is 0. The molecule has 0 amide bonds. The molecule has 0 radical (unpaired) electrons. The van der Waals surface area contributed by atoms with Crippen LogP contribution in [-0.2, 0) is 16.0 Å². The Labute approximate surface area is 209 Å². The molecule has 0 saturated carbocycles. The summed E-state index contributed by atoms with van der Waals surface area (Å²) in [7, 11) is 0. The van der Waals surface area contributed by atoms with Crippen molar-refractivity contribution in [1.29, 1.82) is 0 Å². The number of phenols is 1. The van der Waals surface area contributed by atoms with Crippen molar-refractivity contribution in [3.8, 4) is 11.5 Å². The molecular formula is C29H41NO5. The highest BCUT2D eigenvalue weighted by Crippen LogP contribution is 2.27. The van der Waals surface area contributed by atoms with Crippen molar-refractivity contribution in [3.63, 3.8) is 0 Å².